The number of hydrogen-bond acceptors (Lipinski definition) is 0. The Morgan fingerprint density at radius 2 is 1.14 bits per heavy atom. The Balaban J connectivity index is 0.00000261. The van der Waals surface area contributed by atoms with Gasteiger partial charge >= 0.3 is 172 Å². The van der Waals surface area contributed by atoms with Gasteiger partial charge in [-0.1, -0.05) is 0 Å². The SMILES string of the molecule is CCC1=CC[C]([Ti+3])=C1[Si](C)(c1cc(C)cc(C)c1)c1cc(C)cc(C)c1.[Cl-].[Cl-].[Cl-]. The molecule has 2 aromatic rings. The largest absolute Gasteiger partial charge is 1.00 e. The van der Waals surface area contributed by atoms with E-state index in [9.17, 15) is 0 Å². The van der Waals surface area contributed by atoms with Crippen molar-refractivity contribution in [1.29, 1.82) is 0 Å². The fourth-order valence-corrected chi connectivity index (χ4v) is 10.7. The van der Waals surface area contributed by atoms with Gasteiger partial charge in [0.25, 0.3) is 0 Å². The Labute approximate surface area is 208 Å². The molecule has 0 bridgehead atoms. The maximum absolute atomic E-state index is 2.57. The second-order valence-corrected chi connectivity index (χ2v) is 12.9. The van der Waals surface area contributed by atoms with E-state index in [0.717, 1.165) is 12.8 Å². The van der Waals surface area contributed by atoms with Crippen molar-refractivity contribution in [2.45, 2.75) is 54.0 Å². The van der Waals surface area contributed by atoms with E-state index < -0.39 is 8.07 Å². The first kappa shape index (κ1) is 28.7. The van der Waals surface area contributed by atoms with Crippen LogP contribution in [0.4, 0.5) is 0 Å². The van der Waals surface area contributed by atoms with Crippen LogP contribution in [-0.2, 0) is 20.4 Å². The van der Waals surface area contributed by atoms with Crippen molar-refractivity contribution in [1.82, 2.24) is 0 Å². The maximum atomic E-state index is 2.57. The fourth-order valence-electron chi connectivity index (χ4n) is 4.55. The zero-order chi connectivity index (χ0) is 19.1. The van der Waals surface area contributed by atoms with Crippen LogP contribution in [0.2, 0.25) is 6.55 Å². The third-order valence-electron chi connectivity index (χ3n) is 5.65. The van der Waals surface area contributed by atoms with Crippen molar-refractivity contribution < 1.29 is 57.7 Å². The van der Waals surface area contributed by atoms with E-state index in [1.807, 2.05) is 0 Å². The minimum atomic E-state index is -2.03. The molecule has 154 valence electrons. The van der Waals surface area contributed by atoms with Gasteiger partial charge in [0, 0.05) is 0 Å². The quantitative estimate of drug-likeness (QED) is 0.379. The molecule has 0 saturated heterocycles. The average Bonchev–Trinajstić information content (AvgIpc) is 2.93. The summed E-state index contributed by atoms with van der Waals surface area (Å²) >= 11 is 2.35. The van der Waals surface area contributed by atoms with Gasteiger partial charge in [-0.15, -0.1) is 0 Å². The molecule has 1 aliphatic carbocycles. The van der Waals surface area contributed by atoms with Crippen molar-refractivity contribution in [3.63, 3.8) is 0 Å². The number of allylic oxidation sites excluding steroid dienone is 4. The van der Waals surface area contributed by atoms with Gasteiger partial charge < -0.3 is 37.2 Å². The van der Waals surface area contributed by atoms with Crippen molar-refractivity contribution in [2.75, 3.05) is 0 Å². The number of hydrogen-bond donors (Lipinski definition) is 0. The molecular formula is C24H29Cl3SiTi. The molecule has 3 rings (SSSR count). The molecule has 0 atom stereocenters. The molecule has 2 aromatic carbocycles. The second kappa shape index (κ2) is 11.4. The molecule has 5 heteroatoms. The van der Waals surface area contributed by atoms with Gasteiger partial charge in [-0.3, -0.25) is 0 Å². The summed E-state index contributed by atoms with van der Waals surface area (Å²) in [5.41, 5.74) is 7.08. The smallest absolute Gasteiger partial charge is 1.00 e. The molecule has 0 amide bonds. The molecule has 0 aliphatic heterocycles. The fraction of sp³-hybridized carbons (Fsp3) is 0.333. The Morgan fingerprint density at radius 1 is 0.759 bits per heavy atom. The van der Waals surface area contributed by atoms with Gasteiger partial charge in [-0.25, -0.2) is 0 Å². The predicted octanol–water partition coefficient (Wildman–Crippen LogP) is -3.79. The molecule has 0 unspecified atom stereocenters. The summed E-state index contributed by atoms with van der Waals surface area (Å²) in [7, 11) is -2.03. The van der Waals surface area contributed by atoms with Crippen molar-refractivity contribution >= 4 is 18.4 Å². The van der Waals surface area contributed by atoms with Crippen molar-refractivity contribution in [2.24, 2.45) is 0 Å². The second-order valence-electron chi connectivity index (χ2n) is 8.02. The average molecular weight is 500 g/mol. The third kappa shape index (κ3) is 5.70. The summed E-state index contributed by atoms with van der Waals surface area (Å²) in [6, 6.07) is 14.4. The van der Waals surface area contributed by atoms with E-state index in [0.29, 0.717) is 0 Å². The summed E-state index contributed by atoms with van der Waals surface area (Å²) in [6.07, 6.45) is 4.72. The maximum Gasteiger partial charge on any atom is -1.00 e. The molecule has 0 fully saturated rings. The summed E-state index contributed by atoms with van der Waals surface area (Å²) in [5, 5.41) is 4.78. The molecule has 1 aliphatic rings. The Hall–Kier alpha value is -0.279. The topological polar surface area (TPSA) is 0 Å². The Bertz CT molecular complexity index is 840. The number of halogens is 3. The van der Waals surface area contributed by atoms with Crippen LogP contribution in [0.25, 0.3) is 0 Å². The molecule has 0 nitrogen and oxygen atoms in total. The van der Waals surface area contributed by atoms with Crippen LogP contribution >= 0.6 is 0 Å². The molecule has 0 radical (unpaired) electrons. The van der Waals surface area contributed by atoms with Crippen LogP contribution in [0, 0.1) is 27.7 Å². The zero-order valence-electron chi connectivity index (χ0n) is 18.1. The van der Waals surface area contributed by atoms with E-state index >= 15 is 0 Å². The van der Waals surface area contributed by atoms with E-state index in [1.54, 1.807) is 25.0 Å². The van der Waals surface area contributed by atoms with E-state index in [4.69, 9.17) is 0 Å². The summed E-state index contributed by atoms with van der Waals surface area (Å²) in [6.45, 7) is 13.8. The molecular weight excluding hydrogens is 471 g/mol. The minimum Gasteiger partial charge on any atom is -1.00 e. The van der Waals surface area contributed by atoms with Crippen LogP contribution in [-0.4, -0.2) is 8.07 Å². The van der Waals surface area contributed by atoms with Crippen LogP contribution in [0.15, 0.2) is 57.1 Å². The van der Waals surface area contributed by atoms with Gasteiger partial charge in [0.1, 0.15) is 0 Å². The van der Waals surface area contributed by atoms with Gasteiger partial charge in [-0.2, -0.15) is 0 Å². The van der Waals surface area contributed by atoms with E-state index in [2.05, 4.69) is 104 Å². The van der Waals surface area contributed by atoms with Gasteiger partial charge in [-0.05, 0) is 0 Å². The molecule has 29 heavy (non-hydrogen) atoms. The predicted molar refractivity (Wildman–Crippen MR) is 113 cm³/mol. The Kier molecular flexibility index (Phi) is 11.3. The molecule has 0 aromatic heterocycles. The zero-order valence-corrected chi connectivity index (χ0v) is 22.9. The number of rotatable bonds is 4. The first-order valence-corrected chi connectivity index (χ1v) is 12.9. The van der Waals surface area contributed by atoms with Crippen LogP contribution in [0.1, 0.15) is 42.0 Å². The molecule has 0 heterocycles. The summed E-state index contributed by atoms with van der Waals surface area (Å²) in [4.78, 5) is 0. The third-order valence-corrected chi connectivity index (χ3v) is 11.3. The van der Waals surface area contributed by atoms with Gasteiger partial charge in [0.15, 0.2) is 0 Å². The molecule has 0 saturated carbocycles. The van der Waals surface area contributed by atoms with E-state index in [1.165, 1.54) is 22.3 Å². The monoisotopic (exact) mass is 498 g/mol. The van der Waals surface area contributed by atoms with Crippen LogP contribution in [0.3, 0.4) is 0 Å². The number of aryl methyl sites for hydroxylation is 4. The van der Waals surface area contributed by atoms with Gasteiger partial charge in [0.2, 0.25) is 0 Å². The summed E-state index contributed by atoms with van der Waals surface area (Å²) in [5.74, 6) is 0. The molecule has 0 N–H and O–H groups in total. The van der Waals surface area contributed by atoms with Crippen molar-refractivity contribution in [3.8, 4) is 0 Å². The van der Waals surface area contributed by atoms with Crippen LogP contribution in [0.5, 0.6) is 0 Å². The minimum absolute atomic E-state index is 0. The normalized spacial score (nSPS) is 13.3. The first-order valence-electron chi connectivity index (χ1n) is 9.58. The first-order chi connectivity index (χ1) is 12.3. The van der Waals surface area contributed by atoms with Gasteiger partial charge in [0.05, 0.1) is 0 Å². The summed E-state index contributed by atoms with van der Waals surface area (Å²) < 4.78 is 1.58. The standard InChI is InChI=1S/C24H29Si.3ClH.Ti/c1-7-21-9-8-10-24(21)25(6,22-13-17(2)11-18(3)14-22)23-15-19(4)12-20(5)16-23;;;;/h9,11-16H,7-8H2,1-6H3;3*1H;/q;;;;+3/p-3. The van der Waals surface area contributed by atoms with Crippen molar-refractivity contribution in [3.05, 3.63) is 79.4 Å². The van der Waals surface area contributed by atoms with E-state index in [-0.39, 0.29) is 37.2 Å². The Morgan fingerprint density at radius 3 is 1.48 bits per heavy atom. The van der Waals surface area contributed by atoms with Crippen LogP contribution < -0.4 is 47.6 Å². The molecule has 0 spiro atoms. The number of benzene rings is 2.